The predicted octanol–water partition coefficient (Wildman–Crippen LogP) is 3.40. The summed E-state index contributed by atoms with van der Waals surface area (Å²) in [6.45, 7) is 6.13. The second-order valence-electron chi connectivity index (χ2n) is 5.99. The number of nitrogens with one attached hydrogen (secondary N) is 1. The molecule has 0 unspecified atom stereocenters. The molecule has 0 heterocycles. The molecule has 0 saturated carbocycles. The van der Waals surface area contributed by atoms with Crippen molar-refractivity contribution in [3.63, 3.8) is 0 Å². The van der Waals surface area contributed by atoms with E-state index in [4.69, 9.17) is 14.2 Å². The number of benzene rings is 2. The van der Waals surface area contributed by atoms with Gasteiger partial charge in [-0.15, -0.1) is 0 Å². The second-order valence-corrected chi connectivity index (χ2v) is 5.99. The number of aryl methyl sites for hydroxylation is 2. The van der Waals surface area contributed by atoms with E-state index in [9.17, 15) is 4.79 Å². The maximum Gasteiger partial charge on any atom is 0.261 e. The molecule has 2 rings (SSSR count). The molecule has 25 heavy (non-hydrogen) atoms. The molecule has 0 aromatic heterocycles. The predicted molar refractivity (Wildman–Crippen MR) is 97.4 cm³/mol. The maximum atomic E-state index is 12.3. The zero-order chi connectivity index (χ0) is 18.4. The summed E-state index contributed by atoms with van der Waals surface area (Å²) in [4.78, 5) is 12.3. The van der Waals surface area contributed by atoms with E-state index in [1.807, 2.05) is 44.2 Å². The van der Waals surface area contributed by atoms with E-state index >= 15 is 0 Å². The summed E-state index contributed by atoms with van der Waals surface area (Å²) in [5.41, 5.74) is 3.13. The van der Waals surface area contributed by atoms with E-state index < -0.39 is 6.10 Å². The molecule has 0 saturated heterocycles. The number of hydrogen-bond acceptors (Lipinski definition) is 4. The van der Waals surface area contributed by atoms with Crippen molar-refractivity contribution in [2.75, 3.05) is 14.2 Å². The quantitative estimate of drug-likeness (QED) is 0.837. The van der Waals surface area contributed by atoms with E-state index in [0.29, 0.717) is 23.8 Å². The average molecular weight is 343 g/mol. The van der Waals surface area contributed by atoms with Crippen LogP contribution >= 0.6 is 0 Å². The number of ether oxygens (including phenoxy) is 3. The number of carbonyl (C=O) groups is 1. The SMILES string of the molecule is COc1ccc(CNC(=O)[C@@H](C)Oc2cc(C)cc(C)c2)cc1OC. The van der Waals surface area contributed by atoms with Gasteiger partial charge in [-0.3, -0.25) is 4.79 Å². The Morgan fingerprint density at radius 3 is 2.24 bits per heavy atom. The second kappa shape index (κ2) is 8.42. The van der Waals surface area contributed by atoms with Crippen molar-refractivity contribution in [1.82, 2.24) is 5.32 Å². The first-order valence-corrected chi connectivity index (χ1v) is 8.16. The van der Waals surface area contributed by atoms with Crippen LogP contribution in [0.1, 0.15) is 23.6 Å². The Labute approximate surface area is 148 Å². The molecule has 0 spiro atoms. The third-order valence-electron chi connectivity index (χ3n) is 3.79. The normalized spacial score (nSPS) is 11.6. The molecule has 134 valence electrons. The molecule has 1 amide bonds. The first kappa shape index (κ1) is 18.6. The van der Waals surface area contributed by atoms with E-state index in [0.717, 1.165) is 16.7 Å². The van der Waals surface area contributed by atoms with Crippen LogP contribution in [-0.4, -0.2) is 26.2 Å². The van der Waals surface area contributed by atoms with Crippen molar-refractivity contribution in [3.05, 3.63) is 53.1 Å². The fraction of sp³-hybridized carbons (Fsp3) is 0.350. The van der Waals surface area contributed by atoms with Gasteiger partial charge in [0.1, 0.15) is 5.75 Å². The van der Waals surface area contributed by atoms with Gasteiger partial charge in [-0.05, 0) is 61.7 Å². The van der Waals surface area contributed by atoms with Gasteiger partial charge in [0.2, 0.25) is 0 Å². The number of methoxy groups -OCH3 is 2. The Balaban J connectivity index is 1.95. The summed E-state index contributed by atoms with van der Waals surface area (Å²) in [5.74, 6) is 1.82. The van der Waals surface area contributed by atoms with Gasteiger partial charge in [-0.2, -0.15) is 0 Å². The Kier molecular flexibility index (Phi) is 6.28. The van der Waals surface area contributed by atoms with Crippen LogP contribution in [0.3, 0.4) is 0 Å². The number of carbonyl (C=O) groups excluding carboxylic acids is 1. The monoisotopic (exact) mass is 343 g/mol. The van der Waals surface area contributed by atoms with Crippen LogP contribution in [0.25, 0.3) is 0 Å². The Bertz CT molecular complexity index is 722. The lowest BCUT2D eigenvalue weighted by Crippen LogP contribution is -2.35. The molecule has 2 aromatic carbocycles. The van der Waals surface area contributed by atoms with Gasteiger partial charge in [0.15, 0.2) is 17.6 Å². The molecule has 0 aliphatic heterocycles. The molecule has 0 radical (unpaired) electrons. The summed E-state index contributed by atoms with van der Waals surface area (Å²) in [6, 6.07) is 11.5. The maximum absolute atomic E-state index is 12.3. The fourth-order valence-electron chi connectivity index (χ4n) is 2.58. The summed E-state index contributed by atoms with van der Waals surface area (Å²) in [5, 5.41) is 2.88. The van der Waals surface area contributed by atoms with Gasteiger partial charge >= 0.3 is 0 Å². The Morgan fingerprint density at radius 2 is 1.64 bits per heavy atom. The molecule has 0 bridgehead atoms. The molecule has 5 heteroatoms. The van der Waals surface area contributed by atoms with Crippen LogP contribution in [0.15, 0.2) is 36.4 Å². The van der Waals surface area contributed by atoms with Crippen LogP contribution in [0.4, 0.5) is 0 Å². The van der Waals surface area contributed by atoms with Gasteiger partial charge in [-0.1, -0.05) is 12.1 Å². The lowest BCUT2D eigenvalue weighted by atomic mass is 10.1. The minimum atomic E-state index is -0.582. The minimum Gasteiger partial charge on any atom is -0.493 e. The number of amides is 1. The highest BCUT2D eigenvalue weighted by molar-refractivity contribution is 5.80. The van der Waals surface area contributed by atoms with Crippen LogP contribution < -0.4 is 19.5 Å². The first-order chi connectivity index (χ1) is 11.9. The zero-order valence-electron chi connectivity index (χ0n) is 15.4. The highest BCUT2D eigenvalue weighted by Crippen LogP contribution is 2.27. The van der Waals surface area contributed by atoms with Crippen LogP contribution in [0, 0.1) is 13.8 Å². The third-order valence-corrected chi connectivity index (χ3v) is 3.79. The summed E-state index contributed by atoms with van der Waals surface area (Å²) in [6.07, 6.45) is -0.582. The van der Waals surface area contributed by atoms with Crippen molar-refractivity contribution in [2.24, 2.45) is 0 Å². The lowest BCUT2D eigenvalue weighted by Gasteiger charge is -2.16. The summed E-state index contributed by atoms with van der Waals surface area (Å²) >= 11 is 0. The van der Waals surface area contributed by atoms with Gasteiger partial charge < -0.3 is 19.5 Å². The van der Waals surface area contributed by atoms with Gasteiger partial charge in [0.05, 0.1) is 14.2 Å². The highest BCUT2D eigenvalue weighted by Gasteiger charge is 2.15. The Morgan fingerprint density at radius 1 is 1.00 bits per heavy atom. The third kappa shape index (κ3) is 5.14. The van der Waals surface area contributed by atoms with Crippen molar-refractivity contribution in [3.8, 4) is 17.2 Å². The summed E-state index contributed by atoms with van der Waals surface area (Å²) < 4.78 is 16.2. The molecule has 0 aliphatic carbocycles. The van der Waals surface area contributed by atoms with Gasteiger partial charge in [-0.25, -0.2) is 0 Å². The zero-order valence-corrected chi connectivity index (χ0v) is 15.4. The van der Waals surface area contributed by atoms with Gasteiger partial charge in [0.25, 0.3) is 5.91 Å². The van der Waals surface area contributed by atoms with E-state index in [1.54, 1.807) is 21.1 Å². The molecule has 1 atom stereocenters. The number of rotatable bonds is 7. The van der Waals surface area contributed by atoms with Crippen LogP contribution in [-0.2, 0) is 11.3 Å². The minimum absolute atomic E-state index is 0.172. The molecule has 5 nitrogen and oxygen atoms in total. The Hall–Kier alpha value is -2.69. The van der Waals surface area contributed by atoms with Crippen molar-refractivity contribution in [2.45, 2.75) is 33.4 Å². The van der Waals surface area contributed by atoms with E-state index in [2.05, 4.69) is 11.4 Å². The van der Waals surface area contributed by atoms with Crippen molar-refractivity contribution < 1.29 is 19.0 Å². The molecule has 0 aliphatic rings. The van der Waals surface area contributed by atoms with Crippen molar-refractivity contribution in [1.29, 1.82) is 0 Å². The van der Waals surface area contributed by atoms with E-state index in [1.165, 1.54) is 0 Å². The molecule has 0 fully saturated rings. The number of hydrogen-bond donors (Lipinski definition) is 1. The topological polar surface area (TPSA) is 56.8 Å². The summed E-state index contributed by atoms with van der Waals surface area (Å²) in [7, 11) is 3.17. The lowest BCUT2D eigenvalue weighted by molar-refractivity contribution is -0.127. The highest BCUT2D eigenvalue weighted by atomic mass is 16.5. The molecule has 2 aromatic rings. The van der Waals surface area contributed by atoms with Crippen LogP contribution in [0.2, 0.25) is 0 Å². The molecular formula is C20H25NO4. The van der Waals surface area contributed by atoms with Crippen LogP contribution in [0.5, 0.6) is 17.2 Å². The largest absolute Gasteiger partial charge is 0.493 e. The van der Waals surface area contributed by atoms with Crippen molar-refractivity contribution >= 4 is 5.91 Å². The fourth-order valence-corrected chi connectivity index (χ4v) is 2.58. The van der Waals surface area contributed by atoms with Gasteiger partial charge in [0, 0.05) is 6.54 Å². The first-order valence-electron chi connectivity index (χ1n) is 8.16. The molecular weight excluding hydrogens is 318 g/mol. The standard InChI is InChI=1S/C20H25NO4/c1-13-8-14(2)10-17(9-13)25-15(3)20(22)21-12-16-6-7-18(23-4)19(11-16)24-5/h6-11,15H,12H2,1-5H3,(H,21,22)/t15-/m1/s1. The van der Waals surface area contributed by atoms with E-state index in [-0.39, 0.29) is 5.91 Å². The average Bonchev–Trinajstić information content (AvgIpc) is 2.58. The molecule has 1 N–H and O–H groups in total. The smallest absolute Gasteiger partial charge is 0.261 e.